The van der Waals surface area contributed by atoms with E-state index in [1.807, 2.05) is 16.7 Å². The molecule has 104 valence electrons. The summed E-state index contributed by atoms with van der Waals surface area (Å²) in [5.41, 5.74) is 2.51. The van der Waals surface area contributed by atoms with Gasteiger partial charge in [0.15, 0.2) is 5.16 Å². The van der Waals surface area contributed by atoms with Crippen LogP contribution in [0.5, 0.6) is 0 Å². The summed E-state index contributed by atoms with van der Waals surface area (Å²) in [5.74, 6) is 2.91. The number of thioether (sulfide) groups is 2. The molecule has 0 saturated carbocycles. The Labute approximate surface area is 122 Å². The van der Waals surface area contributed by atoms with Gasteiger partial charge in [-0.3, -0.25) is 4.79 Å². The number of rotatable bonds is 3. The molecule has 0 aromatic carbocycles. The van der Waals surface area contributed by atoms with Crippen LogP contribution < -0.4 is 0 Å². The van der Waals surface area contributed by atoms with Gasteiger partial charge in [0.1, 0.15) is 0 Å². The van der Waals surface area contributed by atoms with E-state index in [1.165, 1.54) is 24.2 Å². The zero-order chi connectivity index (χ0) is 13.1. The second-order valence-corrected chi connectivity index (χ2v) is 7.14. The summed E-state index contributed by atoms with van der Waals surface area (Å²) in [6, 6.07) is 0. The number of imidazole rings is 1. The number of aromatic nitrogens is 2. The lowest BCUT2D eigenvalue weighted by molar-refractivity contribution is -0.127. The molecule has 2 heterocycles. The number of carbonyl (C=O) groups excluding carboxylic acids is 1. The van der Waals surface area contributed by atoms with Crippen molar-refractivity contribution < 1.29 is 4.79 Å². The van der Waals surface area contributed by atoms with E-state index in [9.17, 15) is 4.79 Å². The smallest absolute Gasteiger partial charge is 0.233 e. The third kappa shape index (κ3) is 3.28. The van der Waals surface area contributed by atoms with Gasteiger partial charge in [0.25, 0.3) is 0 Å². The Hall–Kier alpha value is -0.620. The van der Waals surface area contributed by atoms with Gasteiger partial charge in [0.05, 0.1) is 11.4 Å². The standard InChI is InChI=1S/C13H19N3OS2/c17-12(16-5-7-18-8-6-16)9-19-13-14-10-3-1-2-4-11(10)15-13/h1-9H2,(H,14,15). The molecule has 1 amide bonds. The van der Waals surface area contributed by atoms with Gasteiger partial charge in [-0.25, -0.2) is 4.98 Å². The molecule has 1 N–H and O–H groups in total. The lowest BCUT2D eigenvalue weighted by Crippen LogP contribution is -2.38. The van der Waals surface area contributed by atoms with E-state index < -0.39 is 0 Å². The zero-order valence-electron chi connectivity index (χ0n) is 11.0. The molecule has 6 heteroatoms. The number of amides is 1. The first kappa shape index (κ1) is 13.4. The number of aromatic amines is 1. The van der Waals surface area contributed by atoms with Gasteiger partial charge >= 0.3 is 0 Å². The molecule has 19 heavy (non-hydrogen) atoms. The second-order valence-electron chi connectivity index (χ2n) is 4.96. The molecule has 1 fully saturated rings. The van der Waals surface area contributed by atoms with Crippen molar-refractivity contribution in [3.05, 3.63) is 11.4 Å². The highest BCUT2D eigenvalue weighted by Crippen LogP contribution is 2.23. The highest BCUT2D eigenvalue weighted by Gasteiger charge is 2.19. The first-order chi connectivity index (χ1) is 9.33. The summed E-state index contributed by atoms with van der Waals surface area (Å²) in [6.45, 7) is 1.80. The van der Waals surface area contributed by atoms with E-state index in [-0.39, 0.29) is 5.91 Å². The van der Waals surface area contributed by atoms with Crippen LogP contribution in [0.2, 0.25) is 0 Å². The van der Waals surface area contributed by atoms with E-state index in [4.69, 9.17) is 0 Å². The van der Waals surface area contributed by atoms with E-state index in [0.717, 1.165) is 42.6 Å². The number of aryl methyl sites for hydroxylation is 2. The van der Waals surface area contributed by atoms with Crippen molar-refractivity contribution in [3.8, 4) is 0 Å². The zero-order valence-corrected chi connectivity index (χ0v) is 12.6. The lowest BCUT2D eigenvalue weighted by atomic mass is 10.0. The first-order valence-electron chi connectivity index (χ1n) is 6.89. The number of fused-ring (bicyclic) bond motifs is 1. The largest absolute Gasteiger partial charge is 0.340 e. The molecule has 0 spiro atoms. The maximum atomic E-state index is 12.1. The van der Waals surface area contributed by atoms with Crippen LogP contribution in [0.25, 0.3) is 0 Å². The number of hydrogen-bond acceptors (Lipinski definition) is 4. The quantitative estimate of drug-likeness (QED) is 0.867. The molecule has 4 nitrogen and oxygen atoms in total. The molecule has 0 atom stereocenters. The average Bonchev–Trinajstić information content (AvgIpc) is 2.88. The summed E-state index contributed by atoms with van der Waals surface area (Å²) < 4.78 is 0. The maximum absolute atomic E-state index is 12.1. The van der Waals surface area contributed by atoms with E-state index >= 15 is 0 Å². The van der Waals surface area contributed by atoms with Crippen molar-refractivity contribution >= 4 is 29.4 Å². The predicted octanol–water partition coefficient (Wildman–Crippen LogP) is 1.96. The molecule has 2 aliphatic rings. The molecule has 0 bridgehead atoms. The number of nitrogens with one attached hydrogen (secondary N) is 1. The van der Waals surface area contributed by atoms with E-state index in [1.54, 1.807) is 11.8 Å². The Morgan fingerprint density at radius 3 is 2.89 bits per heavy atom. The van der Waals surface area contributed by atoms with Crippen LogP contribution in [-0.4, -0.2) is 51.1 Å². The minimum Gasteiger partial charge on any atom is -0.340 e. The highest BCUT2D eigenvalue weighted by molar-refractivity contribution is 7.99. The van der Waals surface area contributed by atoms with Crippen molar-refractivity contribution in [2.75, 3.05) is 30.3 Å². The number of nitrogens with zero attached hydrogens (tertiary/aromatic N) is 2. The van der Waals surface area contributed by atoms with Gasteiger partial charge in [-0.05, 0) is 25.7 Å². The SMILES string of the molecule is O=C(CSc1nc2c([nH]1)CCCC2)N1CCSCC1. The van der Waals surface area contributed by atoms with Crippen LogP contribution >= 0.6 is 23.5 Å². The third-order valence-electron chi connectivity index (χ3n) is 3.63. The number of carbonyl (C=O) groups is 1. The summed E-state index contributed by atoms with van der Waals surface area (Å²) in [4.78, 5) is 22.0. The van der Waals surface area contributed by atoms with Crippen LogP contribution in [0.3, 0.4) is 0 Å². The van der Waals surface area contributed by atoms with Gasteiger partial charge in [-0.2, -0.15) is 11.8 Å². The summed E-state index contributed by atoms with van der Waals surface area (Å²) in [7, 11) is 0. The first-order valence-corrected chi connectivity index (χ1v) is 9.03. The fraction of sp³-hybridized carbons (Fsp3) is 0.692. The van der Waals surface area contributed by atoms with Crippen LogP contribution in [-0.2, 0) is 17.6 Å². The lowest BCUT2D eigenvalue weighted by Gasteiger charge is -2.26. The van der Waals surface area contributed by atoms with E-state index in [2.05, 4.69) is 9.97 Å². The van der Waals surface area contributed by atoms with Crippen LogP contribution in [0, 0.1) is 0 Å². The third-order valence-corrected chi connectivity index (χ3v) is 5.43. The molecular formula is C13H19N3OS2. The van der Waals surface area contributed by atoms with Crippen molar-refractivity contribution in [2.45, 2.75) is 30.8 Å². The Balaban J connectivity index is 1.53. The van der Waals surface area contributed by atoms with Crippen LogP contribution in [0.1, 0.15) is 24.2 Å². The molecular weight excluding hydrogens is 278 g/mol. The normalized spacial score (nSPS) is 19.3. The maximum Gasteiger partial charge on any atom is 0.233 e. The predicted molar refractivity (Wildman–Crippen MR) is 79.9 cm³/mol. The van der Waals surface area contributed by atoms with Gasteiger partial charge in [0.2, 0.25) is 5.91 Å². The van der Waals surface area contributed by atoms with Gasteiger partial charge in [-0.1, -0.05) is 11.8 Å². The average molecular weight is 297 g/mol. The number of hydrogen-bond donors (Lipinski definition) is 1. The Morgan fingerprint density at radius 2 is 2.11 bits per heavy atom. The Morgan fingerprint density at radius 1 is 1.32 bits per heavy atom. The molecule has 1 aromatic rings. The second kappa shape index (κ2) is 6.22. The van der Waals surface area contributed by atoms with Crippen LogP contribution in [0.4, 0.5) is 0 Å². The molecule has 0 unspecified atom stereocenters. The minimum atomic E-state index is 0.250. The fourth-order valence-electron chi connectivity index (χ4n) is 2.53. The monoisotopic (exact) mass is 297 g/mol. The van der Waals surface area contributed by atoms with Crippen LogP contribution in [0.15, 0.2) is 5.16 Å². The highest BCUT2D eigenvalue weighted by atomic mass is 32.2. The molecule has 0 radical (unpaired) electrons. The fourth-order valence-corrected chi connectivity index (χ4v) is 4.25. The minimum absolute atomic E-state index is 0.250. The summed E-state index contributed by atoms with van der Waals surface area (Å²) in [5, 5.41) is 0.923. The molecule has 3 rings (SSSR count). The summed E-state index contributed by atoms with van der Waals surface area (Å²) in [6.07, 6.45) is 4.69. The molecule has 1 saturated heterocycles. The molecule has 1 aliphatic carbocycles. The number of H-pyrrole nitrogens is 1. The van der Waals surface area contributed by atoms with Crippen molar-refractivity contribution in [1.82, 2.24) is 14.9 Å². The topological polar surface area (TPSA) is 49.0 Å². The Bertz CT molecular complexity index is 431. The molecule has 1 aliphatic heterocycles. The van der Waals surface area contributed by atoms with Gasteiger partial charge in [-0.15, -0.1) is 0 Å². The van der Waals surface area contributed by atoms with Crippen molar-refractivity contribution in [2.24, 2.45) is 0 Å². The Kier molecular flexibility index (Phi) is 4.38. The molecule has 1 aromatic heterocycles. The van der Waals surface area contributed by atoms with Crippen molar-refractivity contribution in [1.29, 1.82) is 0 Å². The van der Waals surface area contributed by atoms with Gasteiger partial charge < -0.3 is 9.88 Å². The summed E-state index contributed by atoms with van der Waals surface area (Å²) >= 11 is 3.48. The van der Waals surface area contributed by atoms with E-state index in [0.29, 0.717) is 5.75 Å². The van der Waals surface area contributed by atoms with Gasteiger partial charge in [0, 0.05) is 30.3 Å². The van der Waals surface area contributed by atoms with Crippen molar-refractivity contribution in [3.63, 3.8) is 0 Å².